The maximum atomic E-state index is 13.9. The van der Waals surface area contributed by atoms with Gasteiger partial charge in [0.25, 0.3) is 5.91 Å². The van der Waals surface area contributed by atoms with Crippen LogP contribution in [0.2, 0.25) is 0 Å². The second-order valence-electron chi connectivity index (χ2n) is 7.44. The summed E-state index contributed by atoms with van der Waals surface area (Å²) in [6.07, 6.45) is 2.06. The van der Waals surface area contributed by atoms with E-state index in [2.05, 4.69) is 27.4 Å². The molecule has 1 aliphatic rings. The number of H-pyrrole nitrogens is 1. The number of carbonyl (C=O) groups is 1. The first-order valence-corrected chi connectivity index (χ1v) is 9.85. The number of nitrogens with zero attached hydrogens (tertiary/aromatic N) is 3. The molecule has 2 aromatic heterocycles. The lowest BCUT2D eigenvalue weighted by Gasteiger charge is -2.34. The van der Waals surface area contributed by atoms with Gasteiger partial charge in [-0.2, -0.15) is 5.10 Å². The molecule has 29 heavy (non-hydrogen) atoms. The number of benzene rings is 1. The van der Waals surface area contributed by atoms with Gasteiger partial charge < -0.3 is 15.3 Å². The third-order valence-electron chi connectivity index (χ3n) is 5.36. The first-order valence-electron chi connectivity index (χ1n) is 9.85. The van der Waals surface area contributed by atoms with Gasteiger partial charge in [-0.05, 0) is 37.6 Å². The molecule has 1 amide bonds. The first kappa shape index (κ1) is 19.3. The number of piperazine rings is 1. The summed E-state index contributed by atoms with van der Waals surface area (Å²) in [5.74, 6) is -1.24. The molecule has 0 saturated carbocycles. The number of hydrogen-bond donors (Lipinski definition) is 3. The van der Waals surface area contributed by atoms with E-state index in [1.165, 1.54) is 12.1 Å². The predicted molar refractivity (Wildman–Crippen MR) is 108 cm³/mol. The third kappa shape index (κ3) is 3.67. The Balaban J connectivity index is 1.77. The molecule has 1 atom stereocenters. The van der Waals surface area contributed by atoms with Crippen LogP contribution in [-0.2, 0) is 0 Å². The average Bonchev–Trinajstić information content (AvgIpc) is 3.10. The van der Waals surface area contributed by atoms with E-state index in [1.807, 2.05) is 11.8 Å². The molecule has 8 heteroatoms. The fraction of sp³-hybridized carbons (Fsp3) is 0.381. The lowest BCUT2D eigenvalue weighted by molar-refractivity contribution is 0.0701. The van der Waals surface area contributed by atoms with Crippen molar-refractivity contribution in [1.29, 1.82) is 0 Å². The SMILES string of the molecule is CCC[C@H]1CN(C(=O)c2cc(-c3ccc(O)c(F)c3)nc3[nH]nc(C)c23)CCN1. The minimum Gasteiger partial charge on any atom is -0.505 e. The molecule has 1 saturated heterocycles. The number of aryl methyl sites for hydroxylation is 1. The number of aromatic amines is 1. The zero-order valence-electron chi connectivity index (χ0n) is 16.5. The molecule has 1 aromatic carbocycles. The van der Waals surface area contributed by atoms with Gasteiger partial charge in [-0.25, -0.2) is 9.37 Å². The number of phenols is 1. The van der Waals surface area contributed by atoms with Crippen LogP contribution in [0.4, 0.5) is 4.39 Å². The highest BCUT2D eigenvalue weighted by molar-refractivity contribution is 6.07. The van der Waals surface area contributed by atoms with E-state index < -0.39 is 11.6 Å². The molecule has 0 aliphatic carbocycles. The highest BCUT2D eigenvalue weighted by Gasteiger charge is 2.27. The van der Waals surface area contributed by atoms with Gasteiger partial charge in [0.15, 0.2) is 17.2 Å². The number of fused-ring (bicyclic) bond motifs is 1. The molecule has 3 heterocycles. The van der Waals surface area contributed by atoms with Gasteiger partial charge >= 0.3 is 0 Å². The van der Waals surface area contributed by atoms with Crippen LogP contribution < -0.4 is 5.32 Å². The Morgan fingerprint density at radius 3 is 2.97 bits per heavy atom. The van der Waals surface area contributed by atoms with Gasteiger partial charge in [0.2, 0.25) is 0 Å². The number of rotatable bonds is 4. The van der Waals surface area contributed by atoms with E-state index in [9.17, 15) is 14.3 Å². The van der Waals surface area contributed by atoms with Gasteiger partial charge in [-0.15, -0.1) is 0 Å². The van der Waals surface area contributed by atoms with Crippen molar-refractivity contribution >= 4 is 16.9 Å². The Bertz CT molecular complexity index is 1060. The normalized spacial score (nSPS) is 17.1. The van der Waals surface area contributed by atoms with Gasteiger partial charge in [0.05, 0.1) is 22.3 Å². The van der Waals surface area contributed by atoms with Crippen molar-refractivity contribution in [3.63, 3.8) is 0 Å². The Hall–Kier alpha value is -3.00. The number of pyridine rings is 1. The van der Waals surface area contributed by atoms with Gasteiger partial charge in [-0.3, -0.25) is 9.89 Å². The summed E-state index contributed by atoms with van der Waals surface area (Å²) < 4.78 is 13.9. The minimum absolute atomic E-state index is 0.0787. The molecule has 1 fully saturated rings. The van der Waals surface area contributed by atoms with Gasteiger partial charge in [0, 0.05) is 31.2 Å². The van der Waals surface area contributed by atoms with Crippen molar-refractivity contribution in [3.8, 4) is 17.0 Å². The topological polar surface area (TPSA) is 94.1 Å². The predicted octanol–water partition coefficient (Wildman–Crippen LogP) is 2.99. The Labute approximate surface area is 167 Å². The largest absolute Gasteiger partial charge is 0.505 e. The molecular weight excluding hydrogens is 373 g/mol. The van der Waals surface area contributed by atoms with Crippen LogP contribution in [-0.4, -0.2) is 56.8 Å². The van der Waals surface area contributed by atoms with E-state index >= 15 is 0 Å². The van der Waals surface area contributed by atoms with Crippen molar-refractivity contribution in [2.45, 2.75) is 32.7 Å². The molecule has 1 aliphatic heterocycles. The number of nitrogens with one attached hydrogen (secondary N) is 2. The first-order chi connectivity index (χ1) is 14.0. The molecule has 7 nitrogen and oxygen atoms in total. The number of aromatic nitrogens is 3. The summed E-state index contributed by atoms with van der Waals surface area (Å²) in [5.41, 5.74) is 2.61. The third-order valence-corrected chi connectivity index (χ3v) is 5.36. The second kappa shape index (κ2) is 7.79. The second-order valence-corrected chi connectivity index (χ2v) is 7.44. The number of hydrogen-bond acceptors (Lipinski definition) is 5. The average molecular weight is 397 g/mol. The molecule has 3 N–H and O–H groups in total. The van der Waals surface area contributed by atoms with E-state index in [4.69, 9.17) is 0 Å². The Kier molecular flexibility index (Phi) is 5.19. The zero-order valence-corrected chi connectivity index (χ0v) is 16.5. The molecule has 0 radical (unpaired) electrons. The van der Waals surface area contributed by atoms with Crippen molar-refractivity contribution in [2.75, 3.05) is 19.6 Å². The van der Waals surface area contributed by atoms with Crippen molar-refractivity contribution in [2.24, 2.45) is 0 Å². The summed E-state index contributed by atoms with van der Waals surface area (Å²) in [6, 6.07) is 6.04. The fourth-order valence-electron chi connectivity index (χ4n) is 3.89. The lowest BCUT2D eigenvalue weighted by Crippen LogP contribution is -2.52. The number of halogens is 1. The Morgan fingerprint density at radius 2 is 2.21 bits per heavy atom. The van der Waals surface area contributed by atoms with E-state index in [1.54, 1.807) is 12.1 Å². The zero-order chi connectivity index (χ0) is 20.5. The standard InChI is InChI=1S/C21H24FN5O2/c1-3-4-14-11-27(8-7-23-14)21(29)15-10-17(13-5-6-18(28)16(22)9-13)24-20-19(15)12(2)25-26-20/h5-6,9-10,14,23,28H,3-4,7-8,11H2,1-2H3,(H,24,25,26)/t14-/m0/s1. The Morgan fingerprint density at radius 1 is 1.38 bits per heavy atom. The molecule has 0 spiro atoms. The molecule has 152 valence electrons. The van der Waals surface area contributed by atoms with E-state index in [-0.39, 0.29) is 11.9 Å². The van der Waals surface area contributed by atoms with Crippen LogP contribution in [0, 0.1) is 12.7 Å². The van der Waals surface area contributed by atoms with Crippen molar-refractivity contribution < 1.29 is 14.3 Å². The molecule has 3 aromatic rings. The summed E-state index contributed by atoms with van der Waals surface area (Å²) in [5, 5.41) is 20.7. The molecule has 0 unspecified atom stereocenters. The van der Waals surface area contributed by atoms with Gasteiger partial charge in [0.1, 0.15) is 0 Å². The van der Waals surface area contributed by atoms with Crippen LogP contribution in [0.3, 0.4) is 0 Å². The smallest absolute Gasteiger partial charge is 0.254 e. The monoisotopic (exact) mass is 397 g/mol. The maximum absolute atomic E-state index is 13.9. The fourth-order valence-corrected chi connectivity index (χ4v) is 3.89. The molecule has 4 rings (SSSR count). The minimum atomic E-state index is -0.734. The summed E-state index contributed by atoms with van der Waals surface area (Å²) in [4.78, 5) is 19.8. The maximum Gasteiger partial charge on any atom is 0.254 e. The summed E-state index contributed by atoms with van der Waals surface area (Å²) in [7, 11) is 0. The van der Waals surface area contributed by atoms with Crippen LogP contribution in [0.25, 0.3) is 22.3 Å². The highest BCUT2D eigenvalue weighted by Crippen LogP contribution is 2.29. The van der Waals surface area contributed by atoms with Crippen LogP contribution in [0.1, 0.15) is 35.8 Å². The van der Waals surface area contributed by atoms with Crippen LogP contribution in [0.5, 0.6) is 5.75 Å². The quantitative estimate of drug-likeness (QED) is 0.629. The van der Waals surface area contributed by atoms with Crippen LogP contribution >= 0.6 is 0 Å². The molecule has 0 bridgehead atoms. The highest BCUT2D eigenvalue weighted by atomic mass is 19.1. The lowest BCUT2D eigenvalue weighted by atomic mass is 10.0. The van der Waals surface area contributed by atoms with Gasteiger partial charge in [-0.1, -0.05) is 13.3 Å². The number of aromatic hydroxyl groups is 1. The number of carbonyl (C=O) groups excluding carboxylic acids is 1. The number of phenolic OH excluding ortho intramolecular Hbond substituents is 1. The number of amides is 1. The van der Waals surface area contributed by atoms with Crippen molar-refractivity contribution in [3.05, 3.63) is 41.3 Å². The molecular formula is C21H24FN5O2. The van der Waals surface area contributed by atoms with Crippen molar-refractivity contribution in [1.82, 2.24) is 25.4 Å². The van der Waals surface area contributed by atoms with Crippen LogP contribution in [0.15, 0.2) is 24.3 Å². The van der Waals surface area contributed by atoms with E-state index in [0.717, 1.165) is 19.4 Å². The van der Waals surface area contributed by atoms with E-state index in [0.29, 0.717) is 46.6 Å². The summed E-state index contributed by atoms with van der Waals surface area (Å²) in [6.45, 7) is 5.99. The summed E-state index contributed by atoms with van der Waals surface area (Å²) >= 11 is 0.